The molecule has 0 radical (unpaired) electrons. The van der Waals surface area contributed by atoms with Gasteiger partial charge < -0.3 is 24.3 Å². The number of rotatable bonds is 10. The van der Waals surface area contributed by atoms with Crippen LogP contribution in [0, 0.1) is 5.82 Å². The Kier molecular flexibility index (Phi) is 6.64. The van der Waals surface area contributed by atoms with Gasteiger partial charge in [-0.25, -0.2) is 4.39 Å². The number of halogens is 1. The minimum absolute atomic E-state index is 0.0774. The van der Waals surface area contributed by atoms with Gasteiger partial charge in [-0.2, -0.15) is 0 Å². The van der Waals surface area contributed by atoms with Gasteiger partial charge in [0.05, 0.1) is 6.10 Å². The minimum Gasteiger partial charge on any atom is -0.476 e. The maximum Gasteiger partial charge on any atom is 0.262 e. The summed E-state index contributed by atoms with van der Waals surface area (Å²) >= 11 is 0. The molecule has 2 atom stereocenters. The molecule has 2 fully saturated rings. The molecular formula is C25H29FN2O5. The van der Waals surface area contributed by atoms with Crippen LogP contribution in [0.1, 0.15) is 31.2 Å². The van der Waals surface area contributed by atoms with Crippen molar-refractivity contribution in [1.82, 2.24) is 10.2 Å². The smallest absolute Gasteiger partial charge is 0.262 e. The van der Waals surface area contributed by atoms with Gasteiger partial charge in [0.25, 0.3) is 5.91 Å². The lowest BCUT2D eigenvalue weighted by Crippen LogP contribution is -2.48. The second kappa shape index (κ2) is 9.97. The SMILES string of the molecule is O=C(NC1CC1)C(CN(Cc1ccc2c(c1)OCO2)CC1CCCO1)Oc1ccccc1F. The van der Waals surface area contributed by atoms with Crippen molar-refractivity contribution in [3.63, 3.8) is 0 Å². The van der Waals surface area contributed by atoms with Gasteiger partial charge in [0.15, 0.2) is 29.2 Å². The molecule has 2 aromatic rings. The fourth-order valence-corrected chi connectivity index (χ4v) is 4.20. The fraction of sp³-hybridized carbons (Fsp3) is 0.480. The molecule has 1 amide bonds. The largest absolute Gasteiger partial charge is 0.476 e. The van der Waals surface area contributed by atoms with Crippen molar-refractivity contribution in [2.75, 3.05) is 26.5 Å². The number of hydrogen-bond acceptors (Lipinski definition) is 6. The summed E-state index contributed by atoms with van der Waals surface area (Å²) in [6.07, 6.45) is 3.19. The molecule has 5 rings (SSSR count). The predicted molar refractivity (Wildman–Crippen MR) is 119 cm³/mol. The molecule has 176 valence electrons. The number of carbonyl (C=O) groups excluding carboxylic acids is 1. The van der Waals surface area contributed by atoms with Crippen LogP contribution in [-0.4, -0.2) is 55.5 Å². The van der Waals surface area contributed by atoms with Crippen molar-refractivity contribution in [3.05, 3.63) is 53.8 Å². The van der Waals surface area contributed by atoms with Crippen molar-refractivity contribution >= 4 is 5.91 Å². The van der Waals surface area contributed by atoms with E-state index in [1.165, 1.54) is 6.07 Å². The van der Waals surface area contributed by atoms with E-state index in [9.17, 15) is 9.18 Å². The average Bonchev–Trinajstić information content (AvgIpc) is 3.26. The third-order valence-corrected chi connectivity index (χ3v) is 6.08. The zero-order valence-electron chi connectivity index (χ0n) is 18.5. The van der Waals surface area contributed by atoms with Gasteiger partial charge in [-0.3, -0.25) is 9.69 Å². The van der Waals surface area contributed by atoms with E-state index >= 15 is 0 Å². The summed E-state index contributed by atoms with van der Waals surface area (Å²) in [5.41, 5.74) is 1.03. The number of ether oxygens (including phenoxy) is 4. The van der Waals surface area contributed by atoms with Gasteiger partial charge in [-0.1, -0.05) is 18.2 Å². The van der Waals surface area contributed by atoms with E-state index < -0.39 is 11.9 Å². The molecule has 7 nitrogen and oxygen atoms in total. The van der Waals surface area contributed by atoms with Crippen LogP contribution in [0.5, 0.6) is 17.2 Å². The van der Waals surface area contributed by atoms with Crippen molar-refractivity contribution in [1.29, 1.82) is 0 Å². The molecule has 33 heavy (non-hydrogen) atoms. The van der Waals surface area contributed by atoms with E-state index in [2.05, 4.69) is 10.2 Å². The summed E-state index contributed by atoms with van der Waals surface area (Å²) in [7, 11) is 0. The second-order valence-corrected chi connectivity index (χ2v) is 8.84. The van der Waals surface area contributed by atoms with Gasteiger partial charge >= 0.3 is 0 Å². The molecule has 1 saturated carbocycles. The summed E-state index contributed by atoms with van der Waals surface area (Å²) < 4.78 is 37.0. The van der Waals surface area contributed by atoms with Crippen LogP contribution in [0.25, 0.3) is 0 Å². The molecule has 8 heteroatoms. The number of para-hydroxylation sites is 1. The predicted octanol–water partition coefficient (Wildman–Crippen LogP) is 3.26. The first kappa shape index (κ1) is 22.0. The number of carbonyl (C=O) groups is 1. The van der Waals surface area contributed by atoms with Crippen molar-refractivity contribution in [3.8, 4) is 17.2 Å². The molecule has 2 heterocycles. The average molecular weight is 457 g/mol. The first-order chi connectivity index (χ1) is 16.1. The lowest BCUT2D eigenvalue weighted by atomic mass is 10.1. The van der Waals surface area contributed by atoms with E-state index in [0.717, 1.165) is 49.4 Å². The van der Waals surface area contributed by atoms with Gasteiger partial charge in [0, 0.05) is 32.3 Å². The Labute approximate surface area is 192 Å². The maximum absolute atomic E-state index is 14.3. The lowest BCUT2D eigenvalue weighted by molar-refractivity contribution is -0.129. The zero-order valence-corrected chi connectivity index (χ0v) is 18.5. The number of fused-ring (bicyclic) bond motifs is 1. The lowest BCUT2D eigenvalue weighted by Gasteiger charge is -2.29. The standard InChI is InChI=1S/C25H29FN2O5/c26-20-5-1-2-6-21(20)33-24(25(29)27-18-8-9-18)15-28(14-19-4-3-11-30-19)13-17-7-10-22-23(12-17)32-16-31-22/h1-2,5-7,10,12,18-19,24H,3-4,8-9,11,13-16H2,(H,27,29). The van der Waals surface area contributed by atoms with Crippen LogP contribution >= 0.6 is 0 Å². The Morgan fingerprint density at radius 3 is 2.79 bits per heavy atom. The van der Waals surface area contributed by atoms with Crippen LogP contribution in [0.4, 0.5) is 4.39 Å². The molecule has 2 unspecified atom stereocenters. The number of nitrogens with zero attached hydrogens (tertiary/aromatic N) is 1. The molecular weight excluding hydrogens is 427 g/mol. The van der Waals surface area contributed by atoms with Crippen LogP contribution < -0.4 is 19.5 Å². The molecule has 1 saturated heterocycles. The highest BCUT2D eigenvalue weighted by atomic mass is 19.1. The van der Waals surface area contributed by atoms with Gasteiger partial charge in [-0.05, 0) is 55.5 Å². The third kappa shape index (κ3) is 5.75. The molecule has 3 aliphatic rings. The summed E-state index contributed by atoms with van der Waals surface area (Å²) in [5.74, 6) is 0.824. The van der Waals surface area contributed by atoms with Crippen LogP contribution in [0.3, 0.4) is 0 Å². The Morgan fingerprint density at radius 2 is 2.00 bits per heavy atom. The number of benzene rings is 2. The molecule has 0 bridgehead atoms. The number of nitrogens with one attached hydrogen (secondary N) is 1. The fourth-order valence-electron chi connectivity index (χ4n) is 4.20. The quantitative estimate of drug-likeness (QED) is 0.592. The van der Waals surface area contributed by atoms with E-state index in [4.69, 9.17) is 18.9 Å². The van der Waals surface area contributed by atoms with Gasteiger partial charge in [-0.15, -0.1) is 0 Å². The minimum atomic E-state index is -0.849. The molecule has 1 N–H and O–H groups in total. The molecule has 0 spiro atoms. The maximum atomic E-state index is 14.3. The van der Waals surface area contributed by atoms with Crippen LogP contribution in [-0.2, 0) is 16.1 Å². The first-order valence-corrected chi connectivity index (χ1v) is 11.6. The highest BCUT2D eigenvalue weighted by Crippen LogP contribution is 2.33. The van der Waals surface area contributed by atoms with E-state index in [0.29, 0.717) is 19.6 Å². The Balaban J connectivity index is 1.34. The number of amides is 1. The Morgan fingerprint density at radius 1 is 1.15 bits per heavy atom. The number of hydrogen-bond donors (Lipinski definition) is 1. The van der Waals surface area contributed by atoms with Crippen molar-refractivity contribution in [2.45, 2.75) is 50.5 Å². The highest BCUT2D eigenvalue weighted by molar-refractivity contribution is 5.82. The van der Waals surface area contributed by atoms with Gasteiger partial charge in [0.1, 0.15) is 0 Å². The summed E-state index contributed by atoms with van der Waals surface area (Å²) in [6.45, 7) is 2.51. The third-order valence-electron chi connectivity index (χ3n) is 6.08. The highest BCUT2D eigenvalue weighted by Gasteiger charge is 2.32. The zero-order chi connectivity index (χ0) is 22.6. The monoisotopic (exact) mass is 456 g/mol. The van der Waals surface area contributed by atoms with Crippen LogP contribution in [0.2, 0.25) is 0 Å². The van der Waals surface area contributed by atoms with E-state index in [-0.39, 0.29) is 30.6 Å². The van der Waals surface area contributed by atoms with Crippen LogP contribution in [0.15, 0.2) is 42.5 Å². The second-order valence-electron chi connectivity index (χ2n) is 8.84. The molecule has 2 aromatic carbocycles. The van der Waals surface area contributed by atoms with Gasteiger partial charge in [0.2, 0.25) is 6.79 Å². The summed E-state index contributed by atoms with van der Waals surface area (Å²) in [5, 5.41) is 3.01. The summed E-state index contributed by atoms with van der Waals surface area (Å²) in [6, 6.07) is 12.2. The van der Waals surface area contributed by atoms with Crippen molar-refractivity contribution in [2.24, 2.45) is 0 Å². The molecule has 1 aliphatic carbocycles. The summed E-state index contributed by atoms with van der Waals surface area (Å²) in [4.78, 5) is 15.2. The molecule has 2 aliphatic heterocycles. The van der Waals surface area contributed by atoms with E-state index in [1.807, 2.05) is 18.2 Å². The topological polar surface area (TPSA) is 69.3 Å². The Hall–Kier alpha value is -2.84. The first-order valence-electron chi connectivity index (χ1n) is 11.6. The normalized spacial score (nSPS) is 20.1. The Bertz CT molecular complexity index is 977. The molecule has 0 aromatic heterocycles. The van der Waals surface area contributed by atoms with Crippen molar-refractivity contribution < 1.29 is 28.1 Å². The van der Waals surface area contributed by atoms with E-state index in [1.54, 1.807) is 18.2 Å².